The summed E-state index contributed by atoms with van der Waals surface area (Å²) >= 11 is 0. The second-order valence-electron chi connectivity index (χ2n) is 4.38. The van der Waals surface area contributed by atoms with Crippen molar-refractivity contribution in [2.24, 2.45) is 5.92 Å². The number of benzene rings is 1. The van der Waals surface area contributed by atoms with Gasteiger partial charge in [0.05, 0.1) is 12.0 Å². The molecule has 0 atom stereocenters. The van der Waals surface area contributed by atoms with E-state index in [-0.39, 0.29) is 18.0 Å². The van der Waals surface area contributed by atoms with Crippen LogP contribution >= 0.6 is 0 Å². The number of carboxylic acids is 1. The Bertz CT molecular complexity index is 453. The van der Waals surface area contributed by atoms with E-state index in [2.05, 4.69) is 0 Å². The van der Waals surface area contributed by atoms with Gasteiger partial charge in [0.2, 0.25) is 0 Å². The van der Waals surface area contributed by atoms with Crippen LogP contribution in [0, 0.1) is 5.92 Å². The molecule has 1 aliphatic rings. The topological polar surface area (TPSA) is 40.5 Å². The van der Waals surface area contributed by atoms with E-state index in [1.165, 1.54) is 12.1 Å². The molecule has 1 aliphatic heterocycles. The lowest BCUT2D eigenvalue weighted by atomic mass is 9.94. The molecule has 1 aromatic carbocycles. The first-order valence-electron chi connectivity index (χ1n) is 5.51. The minimum absolute atomic E-state index is 0.00465. The predicted molar refractivity (Wildman–Crippen MR) is 59.4 cm³/mol. The van der Waals surface area contributed by atoms with Crippen LogP contribution < -0.4 is 4.90 Å². The molecule has 6 heteroatoms. The highest BCUT2D eigenvalue weighted by molar-refractivity contribution is 5.68. The smallest absolute Gasteiger partial charge is 0.418 e. The van der Waals surface area contributed by atoms with Crippen LogP contribution in [0.25, 0.3) is 0 Å². The Labute approximate surface area is 102 Å². The van der Waals surface area contributed by atoms with Gasteiger partial charge < -0.3 is 10.0 Å². The molecular weight excluding hydrogens is 247 g/mol. The average molecular weight is 259 g/mol. The van der Waals surface area contributed by atoms with Crippen molar-refractivity contribution < 1.29 is 23.1 Å². The summed E-state index contributed by atoms with van der Waals surface area (Å²) in [6.45, 7) is 0.721. The van der Waals surface area contributed by atoms with Gasteiger partial charge >= 0.3 is 12.1 Å². The second-order valence-corrected chi connectivity index (χ2v) is 4.38. The fourth-order valence-electron chi connectivity index (χ4n) is 2.13. The average Bonchev–Trinajstić information content (AvgIpc) is 2.21. The zero-order chi connectivity index (χ0) is 13.3. The van der Waals surface area contributed by atoms with Crippen molar-refractivity contribution in [2.75, 3.05) is 18.0 Å². The summed E-state index contributed by atoms with van der Waals surface area (Å²) in [5.41, 5.74) is -0.537. The van der Waals surface area contributed by atoms with E-state index in [4.69, 9.17) is 5.11 Å². The molecule has 0 spiro atoms. The maximum atomic E-state index is 12.8. The number of nitrogens with zero attached hydrogens (tertiary/aromatic N) is 1. The number of aliphatic carboxylic acids is 1. The molecule has 0 aromatic heterocycles. The van der Waals surface area contributed by atoms with Gasteiger partial charge in [0.15, 0.2) is 0 Å². The molecule has 1 N–H and O–H groups in total. The van der Waals surface area contributed by atoms with Crippen LogP contribution in [0.3, 0.4) is 0 Å². The summed E-state index contributed by atoms with van der Waals surface area (Å²) in [4.78, 5) is 12.0. The van der Waals surface area contributed by atoms with E-state index in [1.54, 1.807) is 11.0 Å². The van der Waals surface area contributed by atoms with Gasteiger partial charge in [-0.2, -0.15) is 13.2 Å². The van der Waals surface area contributed by atoms with Crippen molar-refractivity contribution in [3.8, 4) is 0 Å². The summed E-state index contributed by atoms with van der Waals surface area (Å²) in [6, 6.07) is 5.36. The van der Waals surface area contributed by atoms with E-state index in [0.29, 0.717) is 13.1 Å². The molecule has 1 aromatic rings. The third-order valence-electron chi connectivity index (χ3n) is 2.97. The molecule has 2 rings (SSSR count). The SMILES string of the molecule is O=C(O)CC1CN(c2ccccc2C(F)(F)F)C1. The molecule has 18 heavy (non-hydrogen) atoms. The maximum absolute atomic E-state index is 12.8. The Balaban J connectivity index is 2.10. The summed E-state index contributed by atoms with van der Waals surface area (Å²) in [5, 5.41) is 8.59. The zero-order valence-corrected chi connectivity index (χ0v) is 9.44. The molecule has 0 saturated carbocycles. The zero-order valence-electron chi connectivity index (χ0n) is 9.44. The van der Waals surface area contributed by atoms with Gasteiger partial charge in [-0.25, -0.2) is 0 Å². The number of para-hydroxylation sites is 1. The van der Waals surface area contributed by atoms with Crippen LogP contribution in [-0.4, -0.2) is 24.2 Å². The van der Waals surface area contributed by atoms with Gasteiger partial charge in [0.25, 0.3) is 0 Å². The molecule has 3 nitrogen and oxygen atoms in total. The van der Waals surface area contributed by atoms with Crippen LogP contribution in [0.15, 0.2) is 24.3 Å². The van der Waals surface area contributed by atoms with Crippen molar-refractivity contribution in [3.05, 3.63) is 29.8 Å². The summed E-state index contributed by atoms with van der Waals surface area (Å²) < 4.78 is 38.3. The largest absolute Gasteiger partial charge is 0.481 e. The van der Waals surface area contributed by atoms with Crippen molar-refractivity contribution >= 4 is 11.7 Å². The van der Waals surface area contributed by atoms with E-state index in [1.807, 2.05) is 0 Å². The number of carbonyl (C=O) groups is 1. The first kappa shape index (κ1) is 12.7. The van der Waals surface area contributed by atoms with E-state index in [9.17, 15) is 18.0 Å². The quantitative estimate of drug-likeness (QED) is 0.907. The van der Waals surface area contributed by atoms with E-state index < -0.39 is 17.7 Å². The van der Waals surface area contributed by atoms with Crippen molar-refractivity contribution in [3.63, 3.8) is 0 Å². The van der Waals surface area contributed by atoms with E-state index >= 15 is 0 Å². The fraction of sp³-hybridized carbons (Fsp3) is 0.417. The lowest BCUT2D eigenvalue weighted by Gasteiger charge is -2.41. The summed E-state index contributed by atoms with van der Waals surface area (Å²) in [6.07, 6.45) is -4.38. The molecule has 1 fully saturated rings. The molecule has 1 heterocycles. The molecule has 0 aliphatic carbocycles. The Morgan fingerprint density at radius 3 is 2.50 bits per heavy atom. The highest BCUT2D eigenvalue weighted by Crippen LogP contribution is 2.38. The Hall–Kier alpha value is -1.72. The number of halogens is 3. The number of rotatable bonds is 3. The molecule has 98 valence electrons. The van der Waals surface area contributed by atoms with Crippen LogP contribution in [0.4, 0.5) is 18.9 Å². The molecule has 1 saturated heterocycles. The third kappa shape index (κ3) is 2.57. The molecule has 0 amide bonds. The van der Waals surface area contributed by atoms with Gasteiger partial charge in [-0.15, -0.1) is 0 Å². The second kappa shape index (κ2) is 4.51. The van der Waals surface area contributed by atoms with Crippen molar-refractivity contribution in [2.45, 2.75) is 12.6 Å². The van der Waals surface area contributed by atoms with Crippen LogP contribution in [0.1, 0.15) is 12.0 Å². The predicted octanol–water partition coefficient (Wildman–Crippen LogP) is 2.62. The molecule has 0 radical (unpaired) electrons. The number of anilines is 1. The van der Waals surface area contributed by atoms with Gasteiger partial charge in [0.1, 0.15) is 0 Å². The molecule has 0 bridgehead atoms. The molecular formula is C12H12F3NO2. The van der Waals surface area contributed by atoms with Crippen molar-refractivity contribution in [1.29, 1.82) is 0 Å². The standard InChI is InChI=1S/C12H12F3NO2/c13-12(14,15)9-3-1-2-4-10(9)16-6-8(7-16)5-11(17)18/h1-4,8H,5-7H2,(H,17,18). The Kier molecular flexibility index (Phi) is 3.19. The van der Waals surface area contributed by atoms with Gasteiger partial charge in [-0.1, -0.05) is 12.1 Å². The van der Waals surface area contributed by atoms with Crippen LogP contribution in [-0.2, 0) is 11.0 Å². The van der Waals surface area contributed by atoms with Gasteiger partial charge in [-0.3, -0.25) is 4.79 Å². The highest BCUT2D eigenvalue weighted by Gasteiger charge is 2.37. The van der Waals surface area contributed by atoms with Crippen molar-refractivity contribution in [1.82, 2.24) is 0 Å². The minimum atomic E-state index is -4.38. The van der Waals surface area contributed by atoms with Crippen LogP contribution in [0.5, 0.6) is 0 Å². The van der Waals surface area contributed by atoms with Gasteiger partial charge in [0, 0.05) is 24.7 Å². The molecule has 0 unspecified atom stereocenters. The Morgan fingerprint density at radius 2 is 1.94 bits per heavy atom. The summed E-state index contributed by atoms with van der Waals surface area (Å²) in [7, 11) is 0. The summed E-state index contributed by atoms with van der Waals surface area (Å²) in [5.74, 6) is -0.979. The van der Waals surface area contributed by atoms with Gasteiger partial charge in [-0.05, 0) is 12.1 Å². The number of hydrogen-bond acceptors (Lipinski definition) is 2. The lowest BCUT2D eigenvalue weighted by molar-refractivity contribution is -0.139. The lowest BCUT2D eigenvalue weighted by Crippen LogP contribution is -2.48. The fourth-order valence-corrected chi connectivity index (χ4v) is 2.13. The third-order valence-corrected chi connectivity index (χ3v) is 2.97. The maximum Gasteiger partial charge on any atom is 0.418 e. The number of carboxylic acid groups (broad SMARTS) is 1. The minimum Gasteiger partial charge on any atom is -0.481 e. The first-order valence-corrected chi connectivity index (χ1v) is 5.51. The van der Waals surface area contributed by atoms with Crippen LogP contribution in [0.2, 0.25) is 0 Å². The monoisotopic (exact) mass is 259 g/mol. The normalized spacial score (nSPS) is 16.5. The number of hydrogen-bond donors (Lipinski definition) is 1. The highest BCUT2D eigenvalue weighted by atomic mass is 19.4. The number of alkyl halides is 3. The van der Waals surface area contributed by atoms with E-state index in [0.717, 1.165) is 6.07 Å². The first-order chi connectivity index (χ1) is 8.38. The Morgan fingerprint density at radius 1 is 1.33 bits per heavy atom.